The van der Waals surface area contributed by atoms with Gasteiger partial charge in [-0.15, -0.1) is 0 Å². The number of nitrogens with one attached hydrogen (secondary N) is 2. The van der Waals surface area contributed by atoms with Gasteiger partial charge in [-0.3, -0.25) is 0 Å². The van der Waals surface area contributed by atoms with Gasteiger partial charge in [-0.05, 0) is 35.9 Å². The molecular formula is C14H10Cl2FN3O. The first kappa shape index (κ1) is 15.3. The van der Waals surface area contributed by atoms with Gasteiger partial charge in [0.1, 0.15) is 5.82 Å². The molecule has 2 aromatic carbocycles. The smallest absolute Gasteiger partial charge is 0.305 e. The number of benzene rings is 2. The lowest BCUT2D eigenvalue weighted by atomic mass is 10.2. The molecule has 0 bridgehead atoms. The molecule has 2 amide bonds. The van der Waals surface area contributed by atoms with Gasteiger partial charge < -0.3 is 5.32 Å². The molecule has 0 heterocycles. The van der Waals surface area contributed by atoms with Crippen LogP contribution in [0.4, 0.5) is 14.9 Å². The molecule has 7 heteroatoms. The summed E-state index contributed by atoms with van der Waals surface area (Å²) in [5, 5.41) is 7.05. The van der Waals surface area contributed by atoms with E-state index in [4.69, 9.17) is 23.2 Å². The van der Waals surface area contributed by atoms with E-state index in [9.17, 15) is 9.18 Å². The molecule has 0 aromatic heterocycles. The molecule has 0 radical (unpaired) electrons. The second-order valence-electron chi connectivity index (χ2n) is 4.00. The number of urea groups is 1. The average Bonchev–Trinajstić information content (AvgIpc) is 2.44. The van der Waals surface area contributed by atoms with Crippen LogP contribution in [0, 0.1) is 5.82 Å². The van der Waals surface area contributed by atoms with E-state index in [0.29, 0.717) is 21.3 Å². The standard InChI is InChI=1S/C14H10Cl2FN3O/c15-10-3-6-13(12(16)7-10)19-14(21)20-18-8-9-1-4-11(17)5-2-9/h1-8H,(H2,19,20,21)/b18-8+. The highest BCUT2D eigenvalue weighted by Crippen LogP contribution is 2.25. The fourth-order valence-electron chi connectivity index (χ4n) is 1.46. The minimum atomic E-state index is -0.558. The van der Waals surface area contributed by atoms with Crippen LogP contribution in [0.3, 0.4) is 0 Å². The Morgan fingerprint density at radius 3 is 2.52 bits per heavy atom. The Balaban J connectivity index is 1.91. The number of hydrogen-bond acceptors (Lipinski definition) is 2. The molecule has 0 aliphatic carbocycles. The third-order valence-electron chi connectivity index (χ3n) is 2.43. The van der Waals surface area contributed by atoms with E-state index in [1.807, 2.05) is 0 Å². The highest BCUT2D eigenvalue weighted by Gasteiger charge is 2.04. The molecule has 0 spiro atoms. The number of nitrogens with zero attached hydrogens (tertiary/aromatic N) is 1. The van der Waals surface area contributed by atoms with E-state index in [1.54, 1.807) is 12.1 Å². The van der Waals surface area contributed by atoms with Crippen molar-refractivity contribution >= 4 is 41.1 Å². The van der Waals surface area contributed by atoms with Crippen LogP contribution < -0.4 is 10.7 Å². The lowest BCUT2D eigenvalue weighted by molar-refractivity contribution is 0.252. The van der Waals surface area contributed by atoms with Gasteiger partial charge in [0.05, 0.1) is 16.9 Å². The third-order valence-corrected chi connectivity index (χ3v) is 2.98. The summed E-state index contributed by atoms with van der Waals surface area (Å²) in [6, 6.07) is 9.81. The molecule has 0 aliphatic rings. The minimum Gasteiger partial charge on any atom is -0.305 e. The normalized spacial score (nSPS) is 10.6. The fourth-order valence-corrected chi connectivity index (χ4v) is 1.91. The Morgan fingerprint density at radius 1 is 1.14 bits per heavy atom. The van der Waals surface area contributed by atoms with Crippen LogP contribution in [-0.2, 0) is 0 Å². The number of anilines is 1. The highest BCUT2D eigenvalue weighted by atomic mass is 35.5. The summed E-state index contributed by atoms with van der Waals surface area (Å²) in [4.78, 5) is 11.6. The van der Waals surface area contributed by atoms with Gasteiger partial charge in [0.15, 0.2) is 0 Å². The van der Waals surface area contributed by atoms with E-state index < -0.39 is 6.03 Å². The zero-order chi connectivity index (χ0) is 15.2. The van der Waals surface area contributed by atoms with Crippen molar-refractivity contribution < 1.29 is 9.18 Å². The summed E-state index contributed by atoms with van der Waals surface area (Å²) in [6.45, 7) is 0. The van der Waals surface area contributed by atoms with Crippen LogP contribution >= 0.6 is 23.2 Å². The number of hydrogen-bond donors (Lipinski definition) is 2. The van der Waals surface area contributed by atoms with Gasteiger partial charge in [0.25, 0.3) is 0 Å². The van der Waals surface area contributed by atoms with Crippen molar-refractivity contribution in [3.63, 3.8) is 0 Å². The van der Waals surface area contributed by atoms with Crippen molar-refractivity contribution in [2.24, 2.45) is 5.10 Å². The second-order valence-corrected chi connectivity index (χ2v) is 4.84. The zero-order valence-corrected chi connectivity index (χ0v) is 12.1. The van der Waals surface area contributed by atoms with Gasteiger partial charge in [-0.2, -0.15) is 5.10 Å². The van der Waals surface area contributed by atoms with E-state index in [2.05, 4.69) is 15.8 Å². The molecule has 0 saturated heterocycles. The fraction of sp³-hybridized carbons (Fsp3) is 0. The highest BCUT2D eigenvalue weighted by molar-refractivity contribution is 6.36. The first-order valence-electron chi connectivity index (χ1n) is 5.85. The van der Waals surface area contributed by atoms with Crippen LogP contribution in [0.1, 0.15) is 5.56 Å². The van der Waals surface area contributed by atoms with Gasteiger partial charge >= 0.3 is 6.03 Å². The van der Waals surface area contributed by atoms with Gasteiger partial charge in [0, 0.05) is 5.02 Å². The SMILES string of the molecule is O=C(N/N=C/c1ccc(F)cc1)Nc1ccc(Cl)cc1Cl. The van der Waals surface area contributed by atoms with Crippen molar-refractivity contribution in [2.45, 2.75) is 0 Å². The predicted octanol–water partition coefficient (Wildman–Crippen LogP) is 4.29. The number of halogens is 3. The maximum atomic E-state index is 12.7. The first-order chi connectivity index (χ1) is 10.0. The second kappa shape index (κ2) is 7.06. The number of carbonyl (C=O) groups excluding carboxylic acids is 1. The molecule has 0 saturated carbocycles. The quantitative estimate of drug-likeness (QED) is 0.642. The summed E-state index contributed by atoms with van der Waals surface area (Å²) in [7, 11) is 0. The predicted molar refractivity (Wildman–Crippen MR) is 82.6 cm³/mol. The number of carbonyl (C=O) groups is 1. The Hall–Kier alpha value is -2.11. The maximum absolute atomic E-state index is 12.7. The van der Waals surface area contributed by atoms with Gasteiger partial charge in [-0.1, -0.05) is 35.3 Å². The van der Waals surface area contributed by atoms with E-state index in [0.717, 1.165) is 0 Å². The third kappa shape index (κ3) is 4.73. The van der Waals surface area contributed by atoms with E-state index in [-0.39, 0.29) is 5.82 Å². The number of amides is 2. The molecule has 4 nitrogen and oxygen atoms in total. The lowest BCUT2D eigenvalue weighted by Gasteiger charge is -2.06. The molecule has 0 aliphatic heterocycles. The van der Waals surface area contributed by atoms with Crippen molar-refractivity contribution in [1.82, 2.24) is 5.43 Å². The summed E-state index contributed by atoms with van der Waals surface area (Å²) >= 11 is 11.7. The summed E-state index contributed by atoms with van der Waals surface area (Å²) < 4.78 is 12.7. The van der Waals surface area contributed by atoms with Gasteiger partial charge in [0.2, 0.25) is 0 Å². The summed E-state index contributed by atoms with van der Waals surface area (Å²) in [5.74, 6) is -0.338. The molecule has 0 atom stereocenters. The molecule has 2 aromatic rings. The monoisotopic (exact) mass is 325 g/mol. The Bertz CT molecular complexity index is 674. The first-order valence-corrected chi connectivity index (χ1v) is 6.61. The molecule has 21 heavy (non-hydrogen) atoms. The van der Waals surface area contributed by atoms with Crippen molar-refractivity contribution in [3.05, 3.63) is 63.9 Å². The van der Waals surface area contributed by atoms with Gasteiger partial charge in [-0.25, -0.2) is 14.6 Å². The Kier molecular flexibility index (Phi) is 5.14. The van der Waals surface area contributed by atoms with Crippen LogP contribution in [0.25, 0.3) is 0 Å². The largest absolute Gasteiger partial charge is 0.339 e. The Labute approximate surface area is 130 Å². The molecule has 0 unspecified atom stereocenters. The molecular weight excluding hydrogens is 316 g/mol. The average molecular weight is 326 g/mol. The van der Waals surface area contributed by atoms with Crippen LogP contribution in [0.5, 0.6) is 0 Å². The topological polar surface area (TPSA) is 53.5 Å². The molecule has 2 rings (SSSR count). The molecule has 0 fully saturated rings. The lowest BCUT2D eigenvalue weighted by Crippen LogP contribution is -2.24. The van der Waals surface area contributed by atoms with Crippen molar-refractivity contribution in [2.75, 3.05) is 5.32 Å². The summed E-state index contributed by atoms with van der Waals surface area (Å²) in [5.41, 5.74) is 3.34. The van der Waals surface area contributed by atoms with E-state index >= 15 is 0 Å². The maximum Gasteiger partial charge on any atom is 0.339 e. The van der Waals surface area contributed by atoms with Crippen LogP contribution in [0.15, 0.2) is 47.6 Å². The zero-order valence-electron chi connectivity index (χ0n) is 10.6. The Morgan fingerprint density at radius 2 is 1.86 bits per heavy atom. The van der Waals surface area contributed by atoms with Crippen molar-refractivity contribution in [1.29, 1.82) is 0 Å². The van der Waals surface area contributed by atoms with Crippen LogP contribution in [0.2, 0.25) is 10.0 Å². The van der Waals surface area contributed by atoms with Crippen LogP contribution in [-0.4, -0.2) is 12.2 Å². The molecule has 108 valence electrons. The van der Waals surface area contributed by atoms with E-state index in [1.165, 1.54) is 36.5 Å². The number of rotatable bonds is 3. The summed E-state index contributed by atoms with van der Waals surface area (Å²) in [6.07, 6.45) is 1.39. The van der Waals surface area contributed by atoms with Crippen molar-refractivity contribution in [3.8, 4) is 0 Å². The molecule has 2 N–H and O–H groups in total. The number of hydrazone groups is 1. The minimum absolute atomic E-state index is 0.320.